The molecule has 0 heterocycles. The zero-order valence-corrected chi connectivity index (χ0v) is 8.55. The summed E-state index contributed by atoms with van der Waals surface area (Å²) in [5, 5.41) is 0. The van der Waals surface area contributed by atoms with Gasteiger partial charge in [-0.3, -0.25) is 0 Å². The van der Waals surface area contributed by atoms with Crippen LogP contribution in [-0.4, -0.2) is 19.6 Å². The van der Waals surface area contributed by atoms with Gasteiger partial charge in [0, 0.05) is 0 Å². The van der Waals surface area contributed by atoms with Crippen molar-refractivity contribution in [3.63, 3.8) is 0 Å². The van der Waals surface area contributed by atoms with Gasteiger partial charge in [-0.15, -0.1) is 0 Å². The molecule has 0 aliphatic rings. The fraction of sp³-hybridized carbons (Fsp3) is 1.00. The summed E-state index contributed by atoms with van der Waals surface area (Å²) in [7, 11) is 0. The lowest BCUT2D eigenvalue weighted by atomic mass is 10.1. The minimum absolute atomic E-state index is 0.651. The van der Waals surface area contributed by atoms with Crippen LogP contribution in [0.15, 0.2) is 0 Å². The van der Waals surface area contributed by atoms with Crippen LogP contribution in [0.1, 0.15) is 33.1 Å². The fourth-order valence-electron chi connectivity index (χ4n) is 0.584. The van der Waals surface area contributed by atoms with Crippen molar-refractivity contribution in [3.05, 3.63) is 0 Å². The van der Waals surface area contributed by atoms with Gasteiger partial charge in [-0.1, -0.05) is 13.8 Å². The molecule has 76 valence electrons. The van der Waals surface area contributed by atoms with Crippen LogP contribution < -0.4 is 17.2 Å². The summed E-state index contributed by atoms with van der Waals surface area (Å²) < 4.78 is 0. The summed E-state index contributed by atoms with van der Waals surface area (Å²) in [6, 6.07) is 0. The van der Waals surface area contributed by atoms with E-state index >= 15 is 0 Å². The SMILES string of the molecule is CC(CN)CCCN.CCCN. The second-order valence-electron chi connectivity index (χ2n) is 3.06. The molecule has 0 aliphatic heterocycles. The molecule has 0 aliphatic carbocycles. The molecule has 0 aromatic heterocycles. The maximum Gasteiger partial charge on any atom is -0.00515 e. The molecule has 6 N–H and O–H groups in total. The third-order valence-electron chi connectivity index (χ3n) is 1.59. The highest BCUT2D eigenvalue weighted by atomic mass is 14.5. The van der Waals surface area contributed by atoms with Gasteiger partial charge < -0.3 is 17.2 Å². The quantitative estimate of drug-likeness (QED) is 0.575. The van der Waals surface area contributed by atoms with Crippen molar-refractivity contribution < 1.29 is 0 Å². The Hall–Kier alpha value is -0.120. The van der Waals surface area contributed by atoms with Crippen molar-refractivity contribution >= 4 is 0 Å². The smallest absolute Gasteiger partial charge is 0.00515 e. The van der Waals surface area contributed by atoms with Gasteiger partial charge in [-0.05, 0) is 44.8 Å². The molecule has 0 fully saturated rings. The second-order valence-corrected chi connectivity index (χ2v) is 3.06. The average molecular weight is 175 g/mol. The summed E-state index contributed by atoms with van der Waals surface area (Å²) in [6.07, 6.45) is 3.38. The van der Waals surface area contributed by atoms with Crippen LogP contribution in [0.5, 0.6) is 0 Å². The highest BCUT2D eigenvalue weighted by Gasteiger charge is 1.95. The van der Waals surface area contributed by atoms with E-state index < -0.39 is 0 Å². The van der Waals surface area contributed by atoms with E-state index in [9.17, 15) is 0 Å². The minimum atomic E-state index is 0.651. The first kappa shape index (κ1) is 14.4. The van der Waals surface area contributed by atoms with Crippen molar-refractivity contribution in [1.82, 2.24) is 0 Å². The Morgan fingerprint density at radius 3 is 1.83 bits per heavy atom. The maximum absolute atomic E-state index is 5.37. The van der Waals surface area contributed by atoms with Gasteiger partial charge in [-0.2, -0.15) is 0 Å². The number of nitrogens with two attached hydrogens (primary N) is 3. The Bertz CT molecular complexity index is 64.8. The fourth-order valence-corrected chi connectivity index (χ4v) is 0.584. The van der Waals surface area contributed by atoms with Gasteiger partial charge >= 0.3 is 0 Å². The molecular formula is C9H25N3. The van der Waals surface area contributed by atoms with E-state index in [0.717, 1.165) is 32.5 Å². The van der Waals surface area contributed by atoms with Gasteiger partial charge in [-0.25, -0.2) is 0 Å². The average Bonchev–Trinajstić information content (AvgIpc) is 2.14. The van der Waals surface area contributed by atoms with Crippen molar-refractivity contribution in [3.8, 4) is 0 Å². The van der Waals surface area contributed by atoms with E-state index in [0.29, 0.717) is 5.92 Å². The zero-order valence-electron chi connectivity index (χ0n) is 8.55. The standard InChI is InChI=1S/C6H16N2.C3H9N/c1-6(5-8)3-2-4-7;1-2-3-4/h6H,2-5,7-8H2,1H3;2-4H2,1H3. The molecule has 0 saturated carbocycles. The Balaban J connectivity index is 0. The van der Waals surface area contributed by atoms with Gasteiger partial charge in [0.15, 0.2) is 0 Å². The first-order valence-corrected chi connectivity index (χ1v) is 4.83. The van der Waals surface area contributed by atoms with E-state index in [1.54, 1.807) is 0 Å². The van der Waals surface area contributed by atoms with Gasteiger partial charge in [0.05, 0.1) is 0 Å². The lowest BCUT2D eigenvalue weighted by molar-refractivity contribution is 0.525. The van der Waals surface area contributed by atoms with Gasteiger partial charge in [0.1, 0.15) is 0 Å². The van der Waals surface area contributed by atoms with Gasteiger partial charge in [0.2, 0.25) is 0 Å². The first-order chi connectivity index (χ1) is 5.72. The van der Waals surface area contributed by atoms with E-state index in [4.69, 9.17) is 17.2 Å². The monoisotopic (exact) mass is 175 g/mol. The van der Waals surface area contributed by atoms with E-state index in [2.05, 4.69) is 13.8 Å². The summed E-state index contributed by atoms with van der Waals surface area (Å²) >= 11 is 0. The molecule has 1 unspecified atom stereocenters. The molecule has 0 bridgehead atoms. The van der Waals surface area contributed by atoms with Crippen molar-refractivity contribution in [2.75, 3.05) is 19.6 Å². The Labute approximate surface area is 76.7 Å². The third kappa shape index (κ3) is 16.5. The molecule has 0 rings (SSSR count). The summed E-state index contributed by atoms with van der Waals surface area (Å²) in [6.45, 7) is 6.61. The highest BCUT2D eigenvalue weighted by molar-refractivity contribution is 4.52. The molecule has 0 aromatic carbocycles. The van der Waals surface area contributed by atoms with Crippen molar-refractivity contribution in [2.24, 2.45) is 23.1 Å². The Morgan fingerprint density at radius 1 is 1.08 bits per heavy atom. The van der Waals surface area contributed by atoms with Crippen molar-refractivity contribution in [1.29, 1.82) is 0 Å². The minimum Gasteiger partial charge on any atom is -0.330 e. The van der Waals surface area contributed by atoms with Crippen LogP contribution in [0.2, 0.25) is 0 Å². The number of hydrogen-bond acceptors (Lipinski definition) is 3. The molecule has 0 amide bonds. The van der Waals surface area contributed by atoms with Gasteiger partial charge in [0.25, 0.3) is 0 Å². The van der Waals surface area contributed by atoms with Crippen molar-refractivity contribution in [2.45, 2.75) is 33.1 Å². The molecule has 0 spiro atoms. The van der Waals surface area contributed by atoms with E-state index in [1.165, 1.54) is 6.42 Å². The second kappa shape index (κ2) is 13.5. The Kier molecular flexibility index (Phi) is 16.2. The number of rotatable bonds is 5. The molecule has 0 radical (unpaired) electrons. The summed E-state index contributed by atoms with van der Waals surface area (Å²) in [4.78, 5) is 0. The summed E-state index contributed by atoms with van der Waals surface area (Å²) in [5.74, 6) is 0.651. The first-order valence-electron chi connectivity index (χ1n) is 4.83. The largest absolute Gasteiger partial charge is 0.330 e. The lowest BCUT2D eigenvalue weighted by Crippen LogP contribution is -2.12. The van der Waals surface area contributed by atoms with Crippen LogP contribution in [0.3, 0.4) is 0 Å². The lowest BCUT2D eigenvalue weighted by Gasteiger charge is -2.04. The molecule has 3 heteroatoms. The summed E-state index contributed by atoms with van der Waals surface area (Å²) in [5.41, 5.74) is 15.7. The molecule has 1 atom stereocenters. The topological polar surface area (TPSA) is 78.1 Å². The molecule has 0 aromatic rings. The third-order valence-corrected chi connectivity index (χ3v) is 1.59. The van der Waals surface area contributed by atoms with Crippen LogP contribution in [0, 0.1) is 5.92 Å². The molecule has 0 saturated heterocycles. The maximum atomic E-state index is 5.37. The number of hydrogen-bond donors (Lipinski definition) is 3. The molecule has 12 heavy (non-hydrogen) atoms. The van der Waals surface area contributed by atoms with Crippen LogP contribution in [0.4, 0.5) is 0 Å². The highest BCUT2D eigenvalue weighted by Crippen LogP contribution is 2.00. The van der Waals surface area contributed by atoms with E-state index in [-0.39, 0.29) is 0 Å². The van der Waals surface area contributed by atoms with Crippen LogP contribution in [-0.2, 0) is 0 Å². The normalized spacial score (nSPS) is 11.8. The molecule has 3 nitrogen and oxygen atoms in total. The predicted molar refractivity (Wildman–Crippen MR) is 55.9 cm³/mol. The van der Waals surface area contributed by atoms with E-state index in [1.807, 2.05) is 0 Å². The van der Waals surface area contributed by atoms with Crippen LogP contribution in [0.25, 0.3) is 0 Å². The zero-order chi connectivity index (χ0) is 9.82. The molecular weight excluding hydrogens is 150 g/mol. The Morgan fingerprint density at radius 2 is 1.58 bits per heavy atom. The predicted octanol–water partition coefficient (Wildman–Crippen LogP) is 0.675. The van der Waals surface area contributed by atoms with Crippen LogP contribution >= 0.6 is 0 Å².